The van der Waals surface area contributed by atoms with Crippen LogP contribution in [0.4, 0.5) is 19.0 Å². The van der Waals surface area contributed by atoms with Crippen molar-refractivity contribution in [2.45, 2.75) is 31.9 Å². The lowest BCUT2D eigenvalue weighted by molar-refractivity contribution is -0.137. The van der Waals surface area contributed by atoms with Gasteiger partial charge in [-0.15, -0.1) is 0 Å². The van der Waals surface area contributed by atoms with Gasteiger partial charge in [0.05, 0.1) is 12.2 Å². The Kier molecular flexibility index (Phi) is 6.36. The number of hydrogen-bond acceptors (Lipinski definition) is 5. The third-order valence-electron chi connectivity index (χ3n) is 4.20. The highest BCUT2D eigenvalue weighted by Crippen LogP contribution is 2.33. The predicted molar refractivity (Wildman–Crippen MR) is 98.9 cm³/mol. The fourth-order valence-corrected chi connectivity index (χ4v) is 2.70. The van der Waals surface area contributed by atoms with E-state index in [4.69, 9.17) is 16.3 Å². The molecular weight excluding hydrogens is 411 g/mol. The zero-order chi connectivity index (χ0) is 21.0. The van der Waals surface area contributed by atoms with E-state index in [-0.39, 0.29) is 41.5 Å². The maximum absolute atomic E-state index is 12.6. The molecule has 0 spiro atoms. The summed E-state index contributed by atoms with van der Waals surface area (Å²) in [4.78, 5) is 31.7. The monoisotopic (exact) mass is 427 g/mol. The fraction of sp³-hybridized carbons (Fsp3) is 0.368. The lowest BCUT2D eigenvalue weighted by atomic mass is 10.1. The number of anilines is 1. The Labute approximate surface area is 169 Å². The van der Waals surface area contributed by atoms with Crippen molar-refractivity contribution in [3.63, 3.8) is 0 Å². The quantitative estimate of drug-likeness (QED) is 0.494. The summed E-state index contributed by atoms with van der Waals surface area (Å²) < 4.78 is 43.0. The number of nitrogens with zero attached hydrogens (tertiary/aromatic N) is 2. The number of Topliss-reactive ketones (excluding diaryl/α,β-unsaturated/α-hetero) is 1. The van der Waals surface area contributed by atoms with Gasteiger partial charge in [0.25, 0.3) is 0 Å². The van der Waals surface area contributed by atoms with Crippen LogP contribution in [-0.2, 0) is 11.0 Å². The van der Waals surface area contributed by atoms with Crippen LogP contribution in [0, 0.1) is 5.92 Å². The molecule has 10 heteroatoms. The fourth-order valence-electron chi connectivity index (χ4n) is 2.48. The Morgan fingerprint density at radius 1 is 1.24 bits per heavy atom. The van der Waals surface area contributed by atoms with Crippen molar-refractivity contribution >= 4 is 29.1 Å². The minimum Gasteiger partial charge on any atom is -0.477 e. The number of ketones is 1. The number of aromatic nitrogens is 2. The molecule has 6 nitrogen and oxygen atoms in total. The van der Waals surface area contributed by atoms with Crippen molar-refractivity contribution in [2.75, 3.05) is 11.9 Å². The lowest BCUT2D eigenvalue weighted by Gasteiger charge is -2.10. The molecule has 1 aliphatic rings. The SMILES string of the molecule is O=C(CCCOc1ncc(C(F)(F)F)cc1Cl)c1ccnc(NC(=O)C2CC2)c1. The Morgan fingerprint density at radius 2 is 2.00 bits per heavy atom. The van der Waals surface area contributed by atoms with Gasteiger partial charge in [-0.05, 0) is 37.5 Å². The first kappa shape index (κ1) is 21.0. The van der Waals surface area contributed by atoms with E-state index < -0.39 is 11.7 Å². The molecule has 29 heavy (non-hydrogen) atoms. The topological polar surface area (TPSA) is 81.2 Å². The maximum atomic E-state index is 12.6. The molecule has 1 saturated carbocycles. The van der Waals surface area contributed by atoms with Gasteiger partial charge in [-0.1, -0.05) is 11.6 Å². The van der Waals surface area contributed by atoms with E-state index in [1.54, 1.807) is 6.07 Å². The van der Waals surface area contributed by atoms with E-state index in [1.807, 2.05) is 0 Å². The van der Waals surface area contributed by atoms with Crippen molar-refractivity contribution in [1.82, 2.24) is 9.97 Å². The molecule has 1 aliphatic carbocycles. The molecule has 154 valence electrons. The van der Waals surface area contributed by atoms with E-state index in [9.17, 15) is 22.8 Å². The number of ether oxygens (including phenoxy) is 1. The van der Waals surface area contributed by atoms with Crippen LogP contribution in [0.15, 0.2) is 30.6 Å². The highest BCUT2D eigenvalue weighted by Gasteiger charge is 2.32. The van der Waals surface area contributed by atoms with Gasteiger partial charge in [0.2, 0.25) is 11.8 Å². The summed E-state index contributed by atoms with van der Waals surface area (Å²) in [5, 5.41) is 2.43. The second-order valence-corrected chi connectivity index (χ2v) is 6.98. The van der Waals surface area contributed by atoms with E-state index >= 15 is 0 Å². The first-order valence-corrected chi connectivity index (χ1v) is 9.27. The first-order valence-electron chi connectivity index (χ1n) is 8.89. The Bertz CT molecular complexity index is 917. The zero-order valence-corrected chi connectivity index (χ0v) is 15.9. The number of pyridine rings is 2. The van der Waals surface area contributed by atoms with Crippen molar-refractivity contribution < 1.29 is 27.5 Å². The van der Waals surface area contributed by atoms with Crippen LogP contribution in [-0.4, -0.2) is 28.3 Å². The number of nitrogens with one attached hydrogen (secondary N) is 1. The van der Waals surface area contributed by atoms with E-state index in [0.29, 0.717) is 24.0 Å². The molecule has 0 bridgehead atoms. The molecular formula is C19H17ClF3N3O3. The molecule has 0 aliphatic heterocycles. The van der Waals surface area contributed by atoms with Crippen LogP contribution >= 0.6 is 11.6 Å². The number of hydrogen-bond donors (Lipinski definition) is 1. The number of alkyl halides is 3. The van der Waals surface area contributed by atoms with Gasteiger partial charge in [0.15, 0.2) is 5.78 Å². The van der Waals surface area contributed by atoms with Crippen LogP contribution in [0.3, 0.4) is 0 Å². The summed E-state index contributed by atoms with van der Waals surface area (Å²) in [5.41, 5.74) is -0.566. The summed E-state index contributed by atoms with van der Waals surface area (Å²) in [6.45, 7) is 0.0557. The van der Waals surface area contributed by atoms with Gasteiger partial charge in [-0.2, -0.15) is 13.2 Å². The van der Waals surface area contributed by atoms with Gasteiger partial charge < -0.3 is 10.1 Å². The molecule has 2 aromatic heterocycles. The van der Waals surface area contributed by atoms with Gasteiger partial charge in [-0.25, -0.2) is 9.97 Å². The van der Waals surface area contributed by atoms with Gasteiger partial charge in [0, 0.05) is 30.3 Å². The van der Waals surface area contributed by atoms with Gasteiger partial charge >= 0.3 is 6.18 Å². The van der Waals surface area contributed by atoms with E-state index in [2.05, 4.69) is 15.3 Å². The molecule has 1 amide bonds. The van der Waals surface area contributed by atoms with Crippen LogP contribution in [0.1, 0.15) is 41.6 Å². The molecule has 0 aromatic carbocycles. The number of rotatable bonds is 8. The maximum Gasteiger partial charge on any atom is 0.417 e. The summed E-state index contributed by atoms with van der Waals surface area (Å²) in [6.07, 6.45) is -0.283. The van der Waals surface area contributed by atoms with Crippen molar-refractivity contribution in [1.29, 1.82) is 0 Å². The normalized spacial score (nSPS) is 13.8. The van der Waals surface area contributed by atoms with Gasteiger partial charge in [-0.3, -0.25) is 9.59 Å². The van der Waals surface area contributed by atoms with Crippen LogP contribution in [0.25, 0.3) is 0 Å². The standard InChI is InChI=1S/C19H17ClF3N3O3/c20-14-9-13(19(21,22)23)10-25-18(14)29-7-1-2-15(27)12-5-6-24-16(8-12)26-17(28)11-3-4-11/h5-6,8-11H,1-4,7H2,(H,24,26,28). The molecule has 3 rings (SSSR count). The van der Waals surface area contributed by atoms with Crippen molar-refractivity contribution in [2.24, 2.45) is 5.92 Å². The summed E-state index contributed by atoms with van der Waals surface area (Å²) >= 11 is 5.76. The Balaban J connectivity index is 1.48. The highest BCUT2D eigenvalue weighted by molar-refractivity contribution is 6.31. The molecule has 0 atom stereocenters. The Morgan fingerprint density at radius 3 is 2.66 bits per heavy atom. The van der Waals surface area contributed by atoms with Crippen molar-refractivity contribution in [3.05, 3.63) is 46.7 Å². The third-order valence-corrected chi connectivity index (χ3v) is 4.47. The van der Waals surface area contributed by atoms with Crippen molar-refractivity contribution in [3.8, 4) is 5.88 Å². The van der Waals surface area contributed by atoms with Gasteiger partial charge in [0.1, 0.15) is 10.8 Å². The van der Waals surface area contributed by atoms with Crippen LogP contribution in [0.2, 0.25) is 5.02 Å². The number of carbonyl (C=O) groups excluding carboxylic acids is 2. The van der Waals surface area contributed by atoms with E-state index in [1.165, 1.54) is 12.3 Å². The molecule has 0 saturated heterocycles. The second kappa shape index (κ2) is 8.77. The minimum atomic E-state index is -4.54. The smallest absolute Gasteiger partial charge is 0.417 e. The number of amides is 1. The average Bonchev–Trinajstić information content (AvgIpc) is 3.51. The largest absolute Gasteiger partial charge is 0.477 e. The molecule has 0 radical (unpaired) electrons. The number of carbonyl (C=O) groups is 2. The molecule has 1 fully saturated rings. The average molecular weight is 428 g/mol. The Hall–Kier alpha value is -2.68. The molecule has 1 N–H and O–H groups in total. The first-order chi connectivity index (χ1) is 13.7. The molecule has 2 aromatic rings. The number of halogens is 4. The summed E-state index contributed by atoms with van der Waals surface area (Å²) in [6, 6.07) is 3.80. The highest BCUT2D eigenvalue weighted by atomic mass is 35.5. The molecule has 2 heterocycles. The summed E-state index contributed by atoms with van der Waals surface area (Å²) in [7, 11) is 0. The van der Waals surface area contributed by atoms with Crippen LogP contribution in [0.5, 0.6) is 5.88 Å². The lowest BCUT2D eigenvalue weighted by Crippen LogP contribution is -2.15. The van der Waals surface area contributed by atoms with E-state index in [0.717, 1.165) is 18.9 Å². The van der Waals surface area contributed by atoms with Crippen LogP contribution < -0.4 is 10.1 Å². The predicted octanol–water partition coefficient (Wildman–Crippen LogP) is 4.54. The summed E-state index contributed by atoms with van der Waals surface area (Å²) in [5.74, 6) is -0.0504. The second-order valence-electron chi connectivity index (χ2n) is 6.58. The minimum absolute atomic E-state index is 0.0268. The third kappa shape index (κ3) is 5.90. The molecule has 0 unspecified atom stereocenters. The zero-order valence-electron chi connectivity index (χ0n) is 15.1.